The van der Waals surface area contributed by atoms with Crippen LogP contribution < -0.4 is 0 Å². The first kappa shape index (κ1) is 17.5. The van der Waals surface area contributed by atoms with Gasteiger partial charge in [-0.1, -0.05) is 122 Å². The third-order valence-electron chi connectivity index (χ3n) is 6.07. The zero-order valence-electron chi connectivity index (χ0n) is 16.3. The summed E-state index contributed by atoms with van der Waals surface area (Å²) >= 11 is 0. The van der Waals surface area contributed by atoms with Crippen molar-refractivity contribution in [1.82, 2.24) is 0 Å². The fraction of sp³-hybridized carbons (Fsp3) is 0.0345. The van der Waals surface area contributed by atoms with Crippen molar-refractivity contribution in [2.24, 2.45) is 0 Å². The number of hydrogen-bond donors (Lipinski definition) is 0. The van der Waals surface area contributed by atoms with Gasteiger partial charge >= 0.3 is 0 Å². The first-order valence-electron chi connectivity index (χ1n) is 9.94. The van der Waals surface area contributed by atoms with Crippen LogP contribution in [0.2, 0.25) is 0 Å². The molecule has 138 valence electrons. The van der Waals surface area contributed by atoms with Crippen LogP contribution in [-0.2, 0) is 5.41 Å². The number of benzene rings is 4. The minimum Gasteiger partial charge on any atom is -0.0985 e. The largest absolute Gasteiger partial charge is 0.0985 e. The van der Waals surface area contributed by atoms with E-state index in [9.17, 15) is 0 Å². The monoisotopic (exact) mass is 370 g/mol. The van der Waals surface area contributed by atoms with Crippen LogP contribution in [0, 0.1) is 0 Å². The molecule has 5 rings (SSSR count). The van der Waals surface area contributed by atoms with E-state index in [2.05, 4.69) is 116 Å². The lowest BCUT2D eigenvalue weighted by Gasteiger charge is -2.34. The molecule has 0 amide bonds. The molecule has 0 unspecified atom stereocenters. The van der Waals surface area contributed by atoms with E-state index < -0.39 is 0 Å². The topological polar surface area (TPSA) is 0 Å². The number of hydrogen-bond acceptors (Lipinski definition) is 0. The van der Waals surface area contributed by atoms with Gasteiger partial charge in [0, 0.05) is 0 Å². The van der Waals surface area contributed by atoms with E-state index in [1.165, 1.54) is 33.4 Å². The average molecular weight is 370 g/mol. The second kappa shape index (κ2) is 6.76. The zero-order valence-corrected chi connectivity index (χ0v) is 16.3. The van der Waals surface area contributed by atoms with Crippen molar-refractivity contribution in [3.05, 3.63) is 150 Å². The highest BCUT2D eigenvalue weighted by atomic mass is 14.5. The molecule has 0 radical (unpaired) electrons. The highest BCUT2D eigenvalue weighted by Gasteiger charge is 2.46. The van der Waals surface area contributed by atoms with Gasteiger partial charge in [-0.3, -0.25) is 0 Å². The third kappa shape index (κ3) is 2.39. The average Bonchev–Trinajstić information content (AvgIpc) is 3.11. The Labute approximate surface area is 172 Å². The van der Waals surface area contributed by atoms with Gasteiger partial charge in [0.2, 0.25) is 0 Å². The van der Waals surface area contributed by atoms with Crippen molar-refractivity contribution in [3.8, 4) is 11.1 Å². The molecule has 29 heavy (non-hydrogen) atoms. The fourth-order valence-electron chi connectivity index (χ4n) is 4.87. The summed E-state index contributed by atoms with van der Waals surface area (Å²) < 4.78 is 0. The molecule has 0 aliphatic heterocycles. The summed E-state index contributed by atoms with van der Waals surface area (Å²) in [5.74, 6) is 0. The Morgan fingerprint density at radius 1 is 0.621 bits per heavy atom. The molecule has 0 saturated carbocycles. The van der Waals surface area contributed by atoms with Gasteiger partial charge in [0.15, 0.2) is 0 Å². The SMILES string of the molecule is C=CC(=C)c1cccc2c1-c1ccccc1C2(c1ccccc1)c1ccccc1. The van der Waals surface area contributed by atoms with Crippen LogP contribution in [0.5, 0.6) is 0 Å². The molecule has 1 aliphatic rings. The summed E-state index contributed by atoms with van der Waals surface area (Å²) in [4.78, 5) is 0. The maximum atomic E-state index is 4.27. The minimum absolute atomic E-state index is 0.355. The fourth-order valence-corrected chi connectivity index (χ4v) is 4.87. The van der Waals surface area contributed by atoms with Gasteiger partial charge in [0.1, 0.15) is 0 Å². The maximum Gasteiger partial charge on any atom is 0.0713 e. The standard InChI is InChI=1S/C29H22/c1-3-21(2)24-18-12-20-27-28(24)25-17-10-11-19-26(25)29(27,22-13-6-4-7-14-22)23-15-8-5-9-16-23/h3-20H,1-2H2. The summed E-state index contributed by atoms with van der Waals surface area (Å²) in [6.45, 7) is 8.24. The Kier molecular flexibility index (Phi) is 4.07. The molecule has 0 spiro atoms. The van der Waals surface area contributed by atoms with Crippen LogP contribution in [0.25, 0.3) is 16.7 Å². The molecule has 0 saturated heterocycles. The Balaban J connectivity index is 1.99. The molecular weight excluding hydrogens is 348 g/mol. The van der Waals surface area contributed by atoms with Gasteiger partial charge in [-0.25, -0.2) is 0 Å². The molecule has 0 heteroatoms. The zero-order chi connectivity index (χ0) is 19.8. The van der Waals surface area contributed by atoms with Crippen molar-refractivity contribution in [2.45, 2.75) is 5.41 Å². The van der Waals surface area contributed by atoms with Crippen LogP contribution >= 0.6 is 0 Å². The Bertz CT molecular complexity index is 1170. The lowest BCUT2D eigenvalue weighted by Crippen LogP contribution is -2.28. The summed E-state index contributed by atoms with van der Waals surface area (Å²) in [7, 11) is 0. The smallest absolute Gasteiger partial charge is 0.0713 e. The number of fused-ring (bicyclic) bond motifs is 3. The van der Waals surface area contributed by atoms with Crippen LogP contribution in [0.3, 0.4) is 0 Å². The Morgan fingerprint density at radius 3 is 1.79 bits per heavy atom. The van der Waals surface area contributed by atoms with Crippen molar-refractivity contribution in [3.63, 3.8) is 0 Å². The van der Waals surface area contributed by atoms with E-state index in [0.29, 0.717) is 0 Å². The first-order chi connectivity index (χ1) is 14.3. The van der Waals surface area contributed by atoms with E-state index in [1.807, 2.05) is 6.08 Å². The molecule has 0 N–H and O–H groups in total. The van der Waals surface area contributed by atoms with Crippen molar-refractivity contribution >= 4 is 5.57 Å². The quantitative estimate of drug-likeness (QED) is 0.292. The van der Waals surface area contributed by atoms with Crippen molar-refractivity contribution in [2.75, 3.05) is 0 Å². The molecule has 0 aromatic heterocycles. The van der Waals surface area contributed by atoms with Gasteiger partial charge in [0.25, 0.3) is 0 Å². The second-order valence-corrected chi connectivity index (χ2v) is 7.49. The minimum atomic E-state index is -0.355. The van der Waals surface area contributed by atoms with Crippen molar-refractivity contribution < 1.29 is 0 Å². The molecule has 0 atom stereocenters. The van der Waals surface area contributed by atoms with Crippen LogP contribution in [0.15, 0.2) is 122 Å². The molecule has 4 aromatic carbocycles. The summed E-state index contributed by atoms with van der Waals surface area (Å²) in [6, 6.07) is 37.0. The third-order valence-corrected chi connectivity index (χ3v) is 6.07. The predicted octanol–water partition coefficient (Wildman–Crippen LogP) is 7.25. The molecular formula is C29H22. The normalized spacial score (nSPS) is 13.4. The van der Waals surface area contributed by atoms with Gasteiger partial charge in [-0.05, 0) is 44.5 Å². The lowest BCUT2D eigenvalue weighted by atomic mass is 9.67. The molecule has 0 nitrogen and oxygen atoms in total. The molecule has 4 aromatic rings. The van der Waals surface area contributed by atoms with E-state index in [4.69, 9.17) is 0 Å². The Morgan fingerprint density at radius 2 is 1.17 bits per heavy atom. The molecule has 0 bridgehead atoms. The molecule has 0 fully saturated rings. The van der Waals surface area contributed by atoms with Crippen molar-refractivity contribution in [1.29, 1.82) is 0 Å². The van der Waals surface area contributed by atoms with Gasteiger partial charge in [-0.15, -0.1) is 0 Å². The van der Waals surface area contributed by atoms with Gasteiger partial charge < -0.3 is 0 Å². The van der Waals surface area contributed by atoms with Gasteiger partial charge in [-0.2, -0.15) is 0 Å². The number of rotatable bonds is 4. The van der Waals surface area contributed by atoms with E-state index in [-0.39, 0.29) is 5.41 Å². The van der Waals surface area contributed by atoms with Crippen LogP contribution in [0.4, 0.5) is 0 Å². The summed E-state index contributed by atoms with van der Waals surface area (Å²) in [6.07, 6.45) is 1.85. The van der Waals surface area contributed by atoms with Crippen LogP contribution in [0.1, 0.15) is 27.8 Å². The van der Waals surface area contributed by atoms with E-state index >= 15 is 0 Å². The Hall–Kier alpha value is -3.64. The van der Waals surface area contributed by atoms with E-state index in [0.717, 1.165) is 11.1 Å². The molecule has 1 aliphatic carbocycles. The van der Waals surface area contributed by atoms with Crippen LogP contribution in [-0.4, -0.2) is 0 Å². The number of allylic oxidation sites excluding steroid dienone is 2. The van der Waals surface area contributed by atoms with E-state index in [1.54, 1.807) is 0 Å². The highest BCUT2D eigenvalue weighted by Crippen LogP contribution is 2.57. The summed E-state index contributed by atoms with van der Waals surface area (Å²) in [5.41, 5.74) is 9.46. The second-order valence-electron chi connectivity index (χ2n) is 7.49. The first-order valence-corrected chi connectivity index (χ1v) is 9.94. The molecule has 0 heterocycles. The van der Waals surface area contributed by atoms with Gasteiger partial charge in [0.05, 0.1) is 5.41 Å². The highest BCUT2D eigenvalue weighted by molar-refractivity contribution is 5.94. The maximum absolute atomic E-state index is 4.27. The lowest BCUT2D eigenvalue weighted by molar-refractivity contribution is 0.768. The predicted molar refractivity (Wildman–Crippen MR) is 123 cm³/mol. The summed E-state index contributed by atoms with van der Waals surface area (Å²) in [5, 5.41) is 0.